The summed E-state index contributed by atoms with van der Waals surface area (Å²) in [5, 5.41) is 12.8. The van der Waals surface area contributed by atoms with Gasteiger partial charge in [0.25, 0.3) is 0 Å². The number of alkyl halides is 2. The molecule has 23 heavy (non-hydrogen) atoms. The van der Waals surface area contributed by atoms with Crippen molar-refractivity contribution in [1.82, 2.24) is 5.32 Å². The first-order valence-corrected chi connectivity index (χ1v) is 6.83. The Labute approximate surface area is 130 Å². The second kappa shape index (κ2) is 7.94. The minimum absolute atomic E-state index is 0.00251. The van der Waals surface area contributed by atoms with Crippen LogP contribution in [0.4, 0.5) is 17.6 Å². The van der Waals surface area contributed by atoms with E-state index in [0.717, 1.165) is 12.1 Å². The van der Waals surface area contributed by atoms with E-state index in [2.05, 4.69) is 10.1 Å². The Morgan fingerprint density at radius 1 is 1.04 bits per heavy atom. The molecule has 0 fully saturated rings. The maximum Gasteiger partial charge on any atom is 0.387 e. The van der Waals surface area contributed by atoms with Crippen LogP contribution < -0.4 is 10.1 Å². The molecule has 3 nitrogen and oxygen atoms in total. The fraction of sp³-hybridized carbons (Fsp3) is 0.250. The molecular weight excluding hydrogens is 314 g/mol. The molecule has 0 spiro atoms. The number of nitrogens with one attached hydrogen (secondary N) is 1. The summed E-state index contributed by atoms with van der Waals surface area (Å²) in [5.74, 6) is -1.32. The average molecular weight is 329 g/mol. The lowest BCUT2D eigenvalue weighted by Crippen LogP contribution is -2.21. The number of halogens is 4. The van der Waals surface area contributed by atoms with E-state index in [1.807, 2.05) is 0 Å². The monoisotopic (exact) mass is 329 g/mol. The fourth-order valence-corrected chi connectivity index (χ4v) is 2.00. The summed E-state index contributed by atoms with van der Waals surface area (Å²) in [4.78, 5) is 0. The van der Waals surface area contributed by atoms with Crippen molar-refractivity contribution in [2.24, 2.45) is 0 Å². The van der Waals surface area contributed by atoms with Crippen LogP contribution in [0.5, 0.6) is 5.75 Å². The van der Waals surface area contributed by atoms with Gasteiger partial charge in [0.05, 0.1) is 6.10 Å². The van der Waals surface area contributed by atoms with E-state index in [0.29, 0.717) is 5.56 Å². The van der Waals surface area contributed by atoms with E-state index in [9.17, 15) is 22.7 Å². The lowest BCUT2D eigenvalue weighted by molar-refractivity contribution is -0.0498. The minimum Gasteiger partial charge on any atom is -0.435 e. The summed E-state index contributed by atoms with van der Waals surface area (Å²) in [7, 11) is 0. The summed E-state index contributed by atoms with van der Waals surface area (Å²) in [6.07, 6.45) is -0.904. The molecule has 0 aromatic heterocycles. The predicted molar refractivity (Wildman–Crippen MR) is 76.1 cm³/mol. The van der Waals surface area contributed by atoms with Gasteiger partial charge >= 0.3 is 6.61 Å². The molecule has 0 aliphatic heterocycles. The van der Waals surface area contributed by atoms with Gasteiger partial charge in [-0.05, 0) is 23.8 Å². The van der Waals surface area contributed by atoms with Gasteiger partial charge in [0.15, 0.2) is 0 Å². The van der Waals surface area contributed by atoms with Crippen LogP contribution in [0.15, 0.2) is 42.5 Å². The van der Waals surface area contributed by atoms with Crippen LogP contribution in [0.3, 0.4) is 0 Å². The zero-order valence-electron chi connectivity index (χ0n) is 12.0. The fourth-order valence-electron chi connectivity index (χ4n) is 2.00. The zero-order chi connectivity index (χ0) is 16.8. The number of aliphatic hydroxyl groups is 1. The highest BCUT2D eigenvalue weighted by Crippen LogP contribution is 2.19. The van der Waals surface area contributed by atoms with Crippen LogP contribution >= 0.6 is 0 Å². The lowest BCUT2D eigenvalue weighted by atomic mass is 10.1. The van der Waals surface area contributed by atoms with Crippen molar-refractivity contribution >= 4 is 0 Å². The molecule has 1 unspecified atom stereocenters. The third-order valence-electron chi connectivity index (χ3n) is 3.16. The highest BCUT2D eigenvalue weighted by molar-refractivity contribution is 5.28. The summed E-state index contributed by atoms with van der Waals surface area (Å²) >= 11 is 0. The first-order valence-electron chi connectivity index (χ1n) is 6.83. The van der Waals surface area contributed by atoms with Gasteiger partial charge in [-0.3, -0.25) is 0 Å². The number of ether oxygens (including phenoxy) is 1. The molecule has 2 rings (SSSR count). The van der Waals surface area contributed by atoms with Gasteiger partial charge in [-0.25, -0.2) is 8.78 Å². The van der Waals surface area contributed by atoms with Gasteiger partial charge in [-0.1, -0.05) is 18.2 Å². The summed E-state index contributed by atoms with van der Waals surface area (Å²) < 4.78 is 54.5. The molecule has 2 aromatic rings. The van der Waals surface area contributed by atoms with Crippen LogP contribution in [-0.4, -0.2) is 18.3 Å². The smallest absolute Gasteiger partial charge is 0.387 e. The first kappa shape index (κ1) is 17.2. The molecular formula is C16H15F4NO2. The maximum atomic E-state index is 13.4. The van der Waals surface area contributed by atoms with E-state index in [-0.39, 0.29) is 24.4 Å². The van der Waals surface area contributed by atoms with E-state index in [1.165, 1.54) is 30.3 Å². The SMILES string of the molecule is OC(CNCc1ccc(F)cc1F)c1ccc(OC(F)F)cc1. The second-order valence-corrected chi connectivity index (χ2v) is 4.83. The number of hydrogen-bond donors (Lipinski definition) is 2. The zero-order valence-corrected chi connectivity index (χ0v) is 12.0. The Morgan fingerprint density at radius 3 is 2.35 bits per heavy atom. The van der Waals surface area contributed by atoms with Crippen molar-refractivity contribution in [3.05, 3.63) is 65.2 Å². The van der Waals surface area contributed by atoms with Crippen LogP contribution in [-0.2, 0) is 6.54 Å². The van der Waals surface area contributed by atoms with Crippen LogP contribution in [0, 0.1) is 11.6 Å². The van der Waals surface area contributed by atoms with Crippen molar-refractivity contribution in [3.8, 4) is 5.75 Å². The first-order chi connectivity index (χ1) is 11.0. The third kappa shape index (κ3) is 5.22. The topological polar surface area (TPSA) is 41.5 Å². The van der Waals surface area contributed by atoms with E-state index in [4.69, 9.17) is 0 Å². The molecule has 0 bridgehead atoms. The minimum atomic E-state index is -2.90. The van der Waals surface area contributed by atoms with Crippen LogP contribution in [0.25, 0.3) is 0 Å². The largest absolute Gasteiger partial charge is 0.435 e. The van der Waals surface area contributed by atoms with Gasteiger partial charge in [-0.15, -0.1) is 0 Å². The van der Waals surface area contributed by atoms with Gasteiger partial charge in [0, 0.05) is 24.7 Å². The molecule has 0 saturated heterocycles. The molecule has 0 aliphatic carbocycles. The highest BCUT2D eigenvalue weighted by Gasteiger charge is 2.10. The molecule has 2 N–H and O–H groups in total. The second-order valence-electron chi connectivity index (χ2n) is 4.83. The van der Waals surface area contributed by atoms with Gasteiger partial charge in [-0.2, -0.15) is 8.78 Å². The Kier molecular flexibility index (Phi) is 5.95. The van der Waals surface area contributed by atoms with Crippen LogP contribution in [0.1, 0.15) is 17.2 Å². The standard InChI is InChI=1S/C16H15F4NO2/c17-12-4-1-11(14(18)7-12)8-21-9-15(22)10-2-5-13(6-3-10)23-16(19)20/h1-7,15-16,21-22H,8-9H2. The van der Waals surface area contributed by atoms with Crippen molar-refractivity contribution in [1.29, 1.82) is 0 Å². The Bertz CT molecular complexity index is 634. The number of rotatable bonds is 7. The molecule has 0 aliphatic rings. The Morgan fingerprint density at radius 2 is 1.74 bits per heavy atom. The highest BCUT2D eigenvalue weighted by atomic mass is 19.3. The Balaban J connectivity index is 1.85. The molecule has 7 heteroatoms. The maximum absolute atomic E-state index is 13.4. The Hall–Kier alpha value is -2.12. The summed E-state index contributed by atoms with van der Waals surface area (Å²) in [5.41, 5.74) is 0.776. The molecule has 0 heterocycles. The summed E-state index contributed by atoms with van der Waals surface area (Å²) in [6, 6.07) is 8.83. The predicted octanol–water partition coefficient (Wildman–Crippen LogP) is 3.39. The average Bonchev–Trinajstić information content (AvgIpc) is 2.49. The summed E-state index contributed by atoms with van der Waals surface area (Å²) in [6.45, 7) is -2.67. The number of hydrogen-bond acceptors (Lipinski definition) is 3. The van der Waals surface area contributed by atoms with Gasteiger partial charge in [0.2, 0.25) is 0 Å². The molecule has 2 aromatic carbocycles. The van der Waals surface area contributed by atoms with Crippen LogP contribution in [0.2, 0.25) is 0 Å². The molecule has 0 saturated carbocycles. The lowest BCUT2D eigenvalue weighted by Gasteiger charge is -2.13. The van der Waals surface area contributed by atoms with Gasteiger partial charge in [0.1, 0.15) is 17.4 Å². The van der Waals surface area contributed by atoms with Gasteiger partial charge < -0.3 is 15.2 Å². The van der Waals surface area contributed by atoms with E-state index >= 15 is 0 Å². The normalized spacial score (nSPS) is 12.4. The van der Waals surface area contributed by atoms with Crippen molar-refractivity contribution in [2.75, 3.05) is 6.54 Å². The quantitative estimate of drug-likeness (QED) is 0.765. The molecule has 0 radical (unpaired) electrons. The number of aliphatic hydroxyl groups excluding tert-OH is 1. The molecule has 1 atom stereocenters. The van der Waals surface area contributed by atoms with E-state index in [1.54, 1.807) is 0 Å². The van der Waals surface area contributed by atoms with Crippen molar-refractivity contribution in [3.63, 3.8) is 0 Å². The molecule has 0 amide bonds. The molecule has 124 valence electrons. The van der Waals surface area contributed by atoms with Crippen molar-refractivity contribution in [2.45, 2.75) is 19.3 Å². The van der Waals surface area contributed by atoms with Crippen molar-refractivity contribution < 1.29 is 27.4 Å². The van der Waals surface area contributed by atoms with E-state index < -0.39 is 24.3 Å². The third-order valence-corrected chi connectivity index (χ3v) is 3.16. The number of benzene rings is 2.